The van der Waals surface area contributed by atoms with Gasteiger partial charge in [0.25, 0.3) is 0 Å². The van der Waals surface area contributed by atoms with Crippen molar-refractivity contribution in [1.29, 1.82) is 0 Å². The van der Waals surface area contributed by atoms with Gasteiger partial charge in [0.15, 0.2) is 11.5 Å². The summed E-state index contributed by atoms with van der Waals surface area (Å²) in [6.45, 7) is 4.23. The Balaban J connectivity index is 2.14. The summed E-state index contributed by atoms with van der Waals surface area (Å²) < 4.78 is 12.4. The third-order valence-corrected chi connectivity index (χ3v) is 5.20. The first-order chi connectivity index (χ1) is 11.8. The Morgan fingerprint density at radius 1 is 1.08 bits per heavy atom. The average molecular weight is 471 g/mol. The number of benzene rings is 2. The van der Waals surface area contributed by atoms with E-state index in [1.807, 2.05) is 50.2 Å². The molecule has 0 bridgehead atoms. The van der Waals surface area contributed by atoms with Crippen molar-refractivity contribution in [3.63, 3.8) is 0 Å². The number of amides is 1. The first kappa shape index (κ1) is 19.8. The lowest BCUT2D eigenvalue weighted by Gasteiger charge is -2.24. The molecule has 1 N–H and O–H groups in total. The monoisotopic (exact) mass is 469 g/mol. The third-order valence-electron chi connectivity index (χ3n) is 4.08. The molecule has 2 rings (SSSR count). The van der Waals surface area contributed by atoms with Gasteiger partial charge in [-0.1, -0.05) is 28.1 Å². The van der Waals surface area contributed by atoms with Crippen LogP contribution in [0.25, 0.3) is 0 Å². The van der Waals surface area contributed by atoms with Crippen LogP contribution in [0.5, 0.6) is 11.5 Å². The van der Waals surface area contributed by atoms with Gasteiger partial charge in [-0.15, -0.1) is 0 Å². The topological polar surface area (TPSA) is 47.6 Å². The van der Waals surface area contributed by atoms with Crippen LogP contribution in [0.1, 0.15) is 25.0 Å². The first-order valence-electron chi connectivity index (χ1n) is 7.74. The summed E-state index contributed by atoms with van der Waals surface area (Å²) in [5.41, 5.74) is 1.25. The van der Waals surface area contributed by atoms with Gasteiger partial charge < -0.3 is 14.8 Å². The number of carbonyl (C=O) groups is 1. The Labute approximate surface area is 165 Å². The fourth-order valence-electron chi connectivity index (χ4n) is 2.47. The summed E-state index contributed by atoms with van der Waals surface area (Å²) in [6.07, 6.45) is 0. The van der Waals surface area contributed by atoms with E-state index in [1.54, 1.807) is 14.2 Å². The van der Waals surface area contributed by atoms with E-state index in [1.165, 1.54) is 0 Å². The van der Waals surface area contributed by atoms with Gasteiger partial charge in [0.1, 0.15) is 0 Å². The molecule has 1 amide bonds. The van der Waals surface area contributed by atoms with Gasteiger partial charge in [-0.2, -0.15) is 0 Å². The van der Waals surface area contributed by atoms with Gasteiger partial charge in [0.05, 0.1) is 24.1 Å². The average Bonchev–Trinajstić information content (AvgIpc) is 2.59. The van der Waals surface area contributed by atoms with E-state index in [0.717, 1.165) is 20.1 Å². The zero-order valence-corrected chi connectivity index (χ0v) is 17.8. The summed E-state index contributed by atoms with van der Waals surface area (Å²) in [5, 5.41) is 3.00. The second-order valence-electron chi connectivity index (χ2n) is 6.13. The molecular formula is C19H21Br2NO3. The minimum Gasteiger partial charge on any atom is -0.493 e. The van der Waals surface area contributed by atoms with Crippen LogP contribution in [0.2, 0.25) is 0 Å². The number of hydrogen-bond acceptors (Lipinski definition) is 3. The normalized spacial score (nSPS) is 11.1. The Morgan fingerprint density at radius 2 is 1.72 bits per heavy atom. The summed E-state index contributed by atoms with van der Waals surface area (Å²) in [6, 6.07) is 11.6. The lowest BCUT2D eigenvalue weighted by molar-refractivity contribution is -0.125. The molecule has 0 aliphatic heterocycles. The molecule has 0 unspecified atom stereocenters. The number of ether oxygens (including phenoxy) is 2. The molecule has 0 spiro atoms. The minimum atomic E-state index is -0.630. The molecule has 6 heteroatoms. The zero-order valence-electron chi connectivity index (χ0n) is 14.7. The van der Waals surface area contributed by atoms with Crippen molar-refractivity contribution < 1.29 is 14.3 Å². The molecule has 0 saturated heterocycles. The van der Waals surface area contributed by atoms with Crippen molar-refractivity contribution in [2.24, 2.45) is 0 Å². The van der Waals surface area contributed by atoms with Gasteiger partial charge in [-0.25, -0.2) is 0 Å². The number of hydrogen-bond donors (Lipinski definition) is 1. The van der Waals surface area contributed by atoms with Crippen molar-refractivity contribution in [3.8, 4) is 11.5 Å². The summed E-state index contributed by atoms with van der Waals surface area (Å²) >= 11 is 6.88. The molecule has 4 nitrogen and oxygen atoms in total. The fourth-order valence-corrected chi connectivity index (χ4v) is 3.39. The van der Waals surface area contributed by atoms with Gasteiger partial charge in [0, 0.05) is 11.0 Å². The van der Waals surface area contributed by atoms with Gasteiger partial charge in [-0.3, -0.25) is 4.79 Å². The summed E-state index contributed by atoms with van der Waals surface area (Å²) in [5.74, 6) is 1.21. The molecule has 0 fully saturated rings. The molecular weight excluding hydrogens is 450 g/mol. The lowest BCUT2D eigenvalue weighted by Crippen LogP contribution is -2.39. The SMILES string of the molecule is COc1cc(CNC(=O)C(C)(C)c2ccc(Br)cc2)cc(Br)c1OC. The Bertz CT molecular complexity index is 758. The number of rotatable bonds is 6. The molecule has 0 heterocycles. The van der Waals surface area contributed by atoms with Crippen LogP contribution >= 0.6 is 31.9 Å². The van der Waals surface area contributed by atoms with Crippen LogP contribution in [0.4, 0.5) is 0 Å². The van der Waals surface area contributed by atoms with Crippen LogP contribution in [0.15, 0.2) is 45.3 Å². The van der Waals surface area contributed by atoms with Crippen molar-refractivity contribution in [2.75, 3.05) is 14.2 Å². The number of methoxy groups -OCH3 is 2. The Morgan fingerprint density at radius 3 is 2.28 bits per heavy atom. The van der Waals surface area contributed by atoms with Crippen LogP contribution < -0.4 is 14.8 Å². The maximum absolute atomic E-state index is 12.7. The van der Waals surface area contributed by atoms with E-state index < -0.39 is 5.41 Å². The van der Waals surface area contributed by atoms with Crippen molar-refractivity contribution in [2.45, 2.75) is 25.8 Å². The molecule has 134 valence electrons. The van der Waals surface area contributed by atoms with E-state index in [4.69, 9.17) is 9.47 Å². The van der Waals surface area contributed by atoms with Crippen LogP contribution in [0, 0.1) is 0 Å². The first-order valence-corrected chi connectivity index (χ1v) is 9.33. The predicted molar refractivity (Wildman–Crippen MR) is 106 cm³/mol. The highest BCUT2D eigenvalue weighted by Crippen LogP contribution is 2.36. The molecule has 0 radical (unpaired) electrons. The molecule has 2 aromatic carbocycles. The summed E-state index contributed by atoms with van der Waals surface area (Å²) in [7, 11) is 3.17. The Hall–Kier alpha value is -1.53. The standard InChI is InChI=1S/C19H21Br2NO3/c1-19(2,13-5-7-14(20)8-6-13)18(23)22-11-12-9-15(21)17(25-4)16(10-12)24-3/h5-10H,11H2,1-4H3,(H,22,23). The molecule has 25 heavy (non-hydrogen) atoms. The largest absolute Gasteiger partial charge is 0.493 e. The highest BCUT2D eigenvalue weighted by Gasteiger charge is 2.29. The van der Waals surface area contributed by atoms with Crippen LogP contribution in [0.3, 0.4) is 0 Å². The third kappa shape index (κ3) is 4.55. The van der Waals surface area contributed by atoms with Crippen LogP contribution in [-0.2, 0) is 16.8 Å². The lowest BCUT2D eigenvalue weighted by atomic mass is 9.83. The highest BCUT2D eigenvalue weighted by molar-refractivity contribution is 9.10. The van der Waals surface area contributed by atoms with E-state index in [0.29, 0.717) is 18.0 Å². The van der Waals surface area contributed by atoms with Crippen LogP contribution in [-0.4, -0.2) is 20.1 Å². The molecule has 0 atom stereocenters. The zero-order chi connectivity index (χ0) is 18.6. The molecule has 0 aliphatic rings. The van der Waals surface area contributed by atoms with E-state index in [-0.39, 0.29) is 5.91 Å². The highest BCUT2D eigenvalue weighted by atomic mass is 79.9. The second-order valence-corrected chi connectivity index (χ2v) is 7.90. The Kier molecular flexibility index (Phi) is 6.52. The number of carbonyl (C=O) groups excluding carboxylic acids is 1. The number of halogens is 2. The molecule has 2 aromatic rings. The van der Waals surface area contributed by atoms with E-state index in [9.17, 15) is 4.79 Å². The molecule has 0 aliphatic carbocycles. The second kappa shape index (κ2) is 8.23. The maximum atomic E-state index is 12.7. The molecule has 0 aromatic heterocycles. The van der Waals surface area contributed by atoms with E-state index >= 15 is 0 Å². The van der Waals surface area contributed by atoms with Gasteiger partial charge in [0.2, 0.25) is 5.91 Å². The smallest absolute Gasteiger partial charge is 0.230 e. The van der Waals surface area contributed by atoms with Crippen molar-refractivity contribution in [3.05, 3.63) is 56.5 Å². The number of nitrogens with one attached hydrogen (secondary N) is 1. The maximum Gasteiger partial charge on any atom is 0.230 e. The predicted octanol–water partition coefficient (Wildman–Crippen LogP) is 4.82. The van der Waals surface area contributed by atoms with Gasteiger partial charge in [-0.05, 0) is 65.2 Å². The fraction of sp³-hybridized carbons (Fsp3) is 0.316. The van der Waals surface area contributed by atoms with Crippen molar-refractivity contribution >= 4 is 37.8 Å². The molecule has 0 saturated carbocycles. The van der Waals surface area contributed by atoms with Crippen molar-refractivity contribution in [1.82, 2.24) is 5.32 Å². The van der Waals surface area contributed by atoms with E-state index in [2.05, 4.69) is 37.2 Å². The summed E-state index contributed by atoms with van der Waals surface area (Å²) in [4.78, 5) is 12.7. The minimum absolute atomic E-state index is 0.0410. The van der Waals surface area contributed by atoms with Gasteiger partial charge >= 0.3 is 0 Å². The quantitative estimate of drug-likeness (QED) is 0.658.